The van der Waals surface area contributed by atoms with Crippen LogP contribution in [0, 0.1) is 0 Å². The van der Waals surface area contributed by atoms with Gasteiger partial charge in [-0.25, -0.2) is 0 Å². The molecule has 1 aromatic carbocycles. The van der Waals surface area contributed by atoms with Crippen molar-refractivity contribution in [2.75, 3.05) is 7.11 Å². The van der Waals surface area contributed by atoms with Crippen molar-refractivity contribution >= 4 is 10.9 Å². The van der Waals surface area contributed by atoms with Gasteiger partial charge in [0.1, 0.15) is 5.75 Å². The molecule has 3 nitrogen and oxygen atoms in total. The Morgan fingerprint density at radius 1 is 1.27 bits per heavy atom. The molecule has 0 bridgehead atoms. The lowest BCUT2D eigenvalue weighted by atomic mass is 10.1. The van der Waals surface area contributed by atoms with Gasteiger partial charge in [0.2, 0.25) is 0 Å². The van der Waals surface area contributed by atoms with Gasteiger partial charge in [0.15, 0.2) is 0 Å². The average Bonchev–Trinajstić information content (AvgIpc) is 2.59. The Morgan fingerprint density at radius 2 is 2.00 bits per heavy atom. The minimum atomic E-state index is 0.0201. The van der Waals surface area contributed by atoms with E-state index in [4.69, 9.17) is 4.74 Å². The first kappa shape index (κ1) is 10.0. The zero-order chi connectivity index (χ0) is 11.1. The lowest BCUT2D eigenvalue weighted by Crippen LogP contribution is -2.21. The fraction of sp³-hybridized carbons (Fsp3) is 0.417. The van der Waals surface area contributed by atoms with Crippen LogP contribution in [0.25, 0.3) is 10.9 Å². The lowest BCUT2D eigenvalue weighted by molar-refractivity contribution is 0.358. The summed E-state index contributed by atoms with van der Waals surface area (Å²) in [7, 11) is 1.68. The normalized spacial score (nSPS) is 12.0. The summed E-state index contributed by atoms with van der Waals surface area (Å²) in [4.78, 5) is 0. The maximum atomic E-state index is 5.18. The Hall–Kier alpha value is -1.51. The Balaban J connectivity index is 2.56. The van der Waals surface area contributed by atoms with Crippen LogP contribution in [0.3, 0.4) is 0 Å². The lowest BCUT2D eigenvalue weighted by Gasteiger charge is -2.18. The highest BCUT2D eigenvalue weighted by molar-refractivity contribution is 5.79. The molecule has 15 heavy (non-hydrogen) atoms. The molecule has 0 saturated heterocycles. The molecule has 0 aliphatic heterocycles. The molecule has 2 aromatic rings. The van der Waals surface area contributed by atoms with Crippen molar-refractivity contribution in [1.82, 2.24) is 9.78 Å². The number of aromatic nitrogens is 2. The maximum Gasteiger partial charge on any atom is 0.119 e. The van der Waals surface area contributed by atoms with Gasteiger partial charge in [-0.3, -0.25) is 4.68 Å². The third-order valence-corrected chi connectivity index (χ3v) is 2.40. The third-order valence-electron chi connectivity index (χ3n) is 2.40. The second-order valence-corrected chi connectivity index (χ2v) is 4.67. The van der Waals surface area contributed by atoms with Crippen molar-refractivity contribution in [1.29, 1.82) is 0 Å². The largest absolute Gasteiger partial charge is 0.497 e. The van der Waals surface area contributed by atoms with E-state index in [1.54, 1.807) is 7.11 Å². The highest BCUT2D eigenvalue weighted by atomic mass is 16.5. The summed E-state index contributed by atoms with van der Waals surface area (Å²) < 4.78 is 7.16. The van der Waals surface area contributed by atoms with Gasteiger partial charge in [-0.2, -0.15) is 5.10 Å². The molecule has 0 aliphatic rings. The molecule has 0 fully saturated rings. The molecule has 0 spiro atoms. The molecule has 0 unspecified atom stereocenters. The fourth-order valence-corrected chi connectivity index (χ4v) is 1.47. The molecule has 0 amide bonds. The minimum absolute atomic E-state index is 0.0201. The number of fused-ring (bicyclic) bond motifs is 1. The van der Waals surface area contributed by atoms with E-state index in [1.807, 2.05) is 22.9 Å². The number of benzene rings is 1. The van der Waals surface area contributed by atoms with Crippen molar-refractivity contribution in [2.24, 2.45) is 0 Å². The minimum Gasteiger partial charge on any atom is -0.497 e. The zero-order valence-corrected chi connectivity index (χ0v) is 9.61. The Labute approximate surface area is 89.7 Å². The van der Waals surface area contributed by atoms with E-state index in [9.17, 15) is 0 Å². The molecule has 1 heterocycles. The van der Waals surface area contributed by atoms with E-state index in [0.717, 1.165) is 16.7 Å². The molecule has 0 N–H and O–H groups in total. The van der Waals surface area contributed by atoms with Crippen LogP contribution in [-0.4, -0.2) is 16.9 Å². The number of hydrogen-bond acceptors (Lipinski definition) is 2. The van der Waals surface area contributed by atoms with E-state index < -0.39 is 0 Å². The van der Waals surface area contributed by atoms with Gasteiger partial charge >= 0.3 is 0 Å². The van der Waals surface area contributed by atoms with E-state index >= 15 is 0 Å². The smallest absolute Gasteiger partial charge is 0.119 e. The second-order valence-electron chi connectivity index (χ2n) is 4.67. The molecule has 1 aromatic heterocycles. The quantitative estimate of drug-likeness (QED) is 0.714. The molecule has 0 saturated carbocycles. The van der Waals surface area contributed by atoms with Crippen LogP contribution in [0.2, 0.25) is 0 Å². The molecule has 0 radical (unpaired) electrons. The van der Waals surface area contributed by atoms with E-state index in [1.165, 1.54) is 0 Å². The molecule has 2 rings (SSSR count). The fourth-order valence-electron chi connectivity index (χ4n) is 1.47. The summed E-state index contributed by atoms with van der Waals surface area (Å²) in [5.41, 5.74) is 1.03. The summed E-state index contributed by atoms with van der Waals surface area (Å²) in [6, 6.07) is 5.92. The van der Waals surface area contributed by atoms with Crippen LogP contribution >= 0.6 is 0 Å². The summed E-state index contributed by atoms with van der Waals surface area (Å²) in [6.07, 6.45) is 2.05. The standard InChI is InChI=1S/C12H16N2O/c1-12(2,3)14-8-9-7-10(15-4)5-6-11(9)13-14/h5-8H,1-4H3. The van der Waals surface area contributed by atoms with Crippen LogP contribution in [0.5, 0.6) is 5.75 Å². The van der Waals surface area contributed by atoms with Crippen molar-refractivity contribution in [3.05, 3.63) is 24.4 Å². The molecule has 3 heteroatoms. The summed E-state index contributed by atoms with van der Waals surface area (Å²) in [5, 5.41) is 5.64. The first-order valence-corrected chi connectivity index (χ1v) is 5.04. The Kier molecular flexibility index (Phi) is 2.18. The third kappa shape index (κ3) is 1.82. The molecule has 80 valence electrons. The van der Waals surface area contributed by atoms with Crippen molar-refractivity contribution in [2.45, 2.75) is 26.3 Å². The maximum absolute atomic E-state index is 5.18. The first-order valence-electron chi connectivity index (χ1n) is 5.04. The molecule has 0 atom stereocenters. The Morgan fingerprint density at radius 3 is 2.60 bits per heavy atom. The highest BCUT2D eigenvalue weighted by Crippen LogP contribution is 2.22. The Bertz CT molecular complexity index is 480. The molecular formula is C12H16N2O. The number of rotatable bonds is 1. The highest BCUT2D eigenvalue weighted by Gasteiger charge is 2.14. The van der Waals surface area contributed by atoms with E-state index in [0.29, 0.717) is 0 Å². The summed E-state index contributed by atoms with van der Waals surface area (Å²) >= 11 is 0. The van der Waals surface area contributed by atoms with Crippen LogP contribution in [-0.2, 0) is 5.54 Å². The predicted molar refractivity (Wildman–Crippen MR) is 61.3 cm³/mol. The van der Waals surface area contributed by atoms with Crippen LogP contribution in [0.1, 0.15) is 20.8 Å². The SMILES string of the molecule is COc1ccc2nn(C(C)(C)C)cc2c1. The zero-order valence-electron chi connectivity index (χ0n) is 9.61. The number of methoxy groups -OCH3 is 1. The average molecular weight is 204 g/mol. The van der Waals surface area contributed by atoms with Gasteiger partial charge in [-0.05, 0) is 39.0 Å². The molecular weight excluding hydrogens is 188 g/mol. The summed E-state index contributed by atoms with van der Waals surface area (Å²) in [6.45, 7) is 6.41. The van der Waals surface area contributed by atoms with Crippen molar-refractivity contribution in [3.8, 4) is 5.75 Å². The number of hydrogen-bond donors (Lipinski definition) is 0. The van der Waals surface area contributed by atoms with E-state index in [-0.39, 0.29) is 5.54 Å². The predicted octanol–water partition coefficient (Wildman–Crippen LogP) is 2.80. The molecule has 0 aliphatic carbocycles. The van der Waals surface area contributed by atoms with Gasteiger partial charge in [0.25, 0.3) is 0 Å². The number of nitrogens with zero attached hydrogens (tertiary/aromatic N) is 2. The monoisotopic (exact) mass is 204 g/mol. The topological polar surface area (TPSA) is 27.1 Å². The van der Waals surface area contributed by atoms with Gasteiger partial charge in [-0.15, -0.1) is 0 Å². The van der Waals surface area contributed by atoms with Crippen molar-refractivity contribution in [3.63, 3.8) is 0 Å². The van der Waals surface area contributed by atoms with Gasteiger partial charge < -0.3 is 4.74 Å². The van der Waals surface area contributed by atoms with Gasteiger partial charge in [-0.1, -0.05) is 0 Å². The number of ether oxygens (including phenoxy) is 1. The van der Waals surface area contributed by atoms with Crippen LogP contribution in [0.4, 0.5) is 0 Å². The second kappa shape index (κ2) is 3.26. The van der Waals surface area contributed by atoms with Gasteiger partial charge in [0, 0.05) is 11.6 Å². The van der Waals surface area contributed by atoms with Crippen LogP contribution in [0.15, 0.2) is 24.4 Å². The van der Waals surface area contributed by atoms with Crippen molar-refractivity contribution < 1.29 is 4.74 Å². The van der Waals surface area contributed by atoms with E-state index in [2.05, 4.69) is 32.1 Å². The first-order chi connectivity index (χ1) is 7.00. The van der Waals surface area contributed by atoms with Gasteiger partial charge in [0.05, 0.1) is 18.2 Å². The summed E-state index contributed by atoms with van der Waals surface area (Å²) in [5.74, 6) is 0.871. The van der Waals surface area contributed by atoms with Crippen LogP contribution < -0.4 is 4.74 Å².